The zero-order valence-electron chi connectivity index (χ0n) is 27.3. The lowest BCUT2D eigenvalue weighted by atomic mass is 9.84. The zero-order valence-corrected chi connectivity index (χ0v) is 28.3. The predicted octanol–water partition coefficient (Wildman–Crippen LogP) is 6.46. The number of nitrogens with zero attached hydrogens (tertiary/aromatic N) is 1. The van der Waals surface area contributed by atoms with E-state index >= 15 is 0 Å². The number of carbonyl (C=O) groups is 2. The normalized spacial score (nSPS) is 19.3. The molecule has 1 fully saturated rings. The lowest BCUT2D eigenvalue weighted by Gasteiger charge is -2.44. The Kier molecular flexibility index (Phi) is 12.0. The number of hydrogen-bond acceptors (Lipinski definition) is 7. The molecule has 8 nitrogen and oxygen atoms in total. The van der Waals surface area contributed by atoms with Gasteiger partial charge in [0.1, 0.15) is 12.4 Å². The average Bonchev–Trinajstić information content (AvgIpc) is 3.33. The molecule has 2 amide bonds. The number of hydrogen-bond donors (Lipinski definition) is 1. The first-order valence-corrected chi connectivity index (χ1v) is 18.2. The predicted molar refractivity (Wildman–Crippen MR) is 170 cm³/mol. The second-order valence-electron chi connectivity index (χ2n) is 13.5. The molecule has 0 radical (unpaired) electrons. The highest BCUT2D eigenvalue weighted by molar-refractivity contribution is 6.74. The van der Waals surface area contributed by atoms with E-state index < -0.39 is 44.3 Å². The molecule has 3 rings (SSSR count). The molecule has 0 spiro atoms. The van der Waals surface area contributed by atoms with E-state index in [4.69, 9.17) is 18.6 Å². The molecule has 0 unspecified atom stereocenters. The van der Waals surface area contributed by atoms with Crippen LogP contribution in [0.2, 0.25) is 18.1 Å². The summed E-state index contributed by atoms with van der Waals surface area (Å²) in [4.78, 5) is 27.6. The van der Waals surface area contributed by atoms with Crippen molar-refractivity contribution in [3.05, 3.63) is 65.7 Å². The first-order valence-electron chi connectivity index (χ1n) is 15.3. The number of benzene rings is 2. The number of ether oxygens (including phenoxy) is 3. The summed E-state index contributed by atoms with van der Waals surface area (Å²) >= 11 is 0. The van der Waals surface area contributed by atoms with Gasteiger partial charge in [-0.25, -0.2) is 9.69 Å². The molecule has 238 valence electrons. The van der Waals surface area contributed by atoms with Crippen molar-refractivity contribution in [1.29, 1.82) is 0 Å². The molecule has 6 atom stereocenters. The van der Waals surface area contributed by atoms with Crippen molar-refractivity contribution in [3.8, 4) is 5.75 Å². The fraction of sp³-hybridized carbons (Fsp3) is 0.588. The Morgan fingerprint density at radius 3 is 2.26 bits per heavy atom. The molecule has 2 aromatic rings. The van der Waals surface area contributed by atoms with Crippen molar-refractivity contribution in [1.82, 2.24) is 4.90 Å². The van der Waals surface area contributed by atoms with E-state index in [0.717, 1.165) is 16.9 Å². The number of carbonyl (C=O) groups excluding carboxylic acids is 2. The fourth-order valence-electron chi connectivity index (χ4n) is 5.22. The maximum atomic E-state index is 13.7. The van der Waals surface area contributed by atoms with Gasteiger partial charge in [-0.05, 0) is 47.8 Å². The Labute approximate surface area is 258 Å². The van der Waals surface area contributed by atoms with E-state index in [2.05, 4.69) is 40.8 Å². The van der Waals surface area contributed by atoms with Crippen molar-refractivity contribution in [2.24, 2.45) is 17.8 Å². The molecule has 0 aromatic heterocycles. The smallest absolute Gasteiger partial charge is 0.416 e. The van der Waals surface area contributed by atoms with Gasteiger partial charge in [0.2, 0.25) is 5.91 Å². The third kappa shape index (κ3) is 8.91. The number of aliphatic hydroxyl groups excluding tert-OH is 1. The molecule has 0 bridgehead atoms. The Bertz CT molecular complexity index is 1180. The number of methoxy groups -OCH3 is 1. The summed E-state index contributed by atoms with van der Waals surface area (Å²) in [6.07, 6.45) is -1.58. The van der Waals surface area contributed by atoms with Crippen molar-refractivity contribution in [3.63, 3.8) is 0 Å². The summed E-state index contributed by atoms with van der Waals surface area (Å²) in [6.45, 7) is 17.6. The molecule has 0 saturated carbocycles. The van der Waals surface area contributed by atoms with E-state index in [9.17, 15) is 14.7 Å². The van der Waals surface area contributed by atoms with Gasteiger partial charge in [0.25, 0.3) is 0 Å². The number of amides is 2. The van der Waals surface area contributed by atoms with Crippen LogP contribution in [0.25, 0.3) is 0 Å². The summed E-state index contributed by atoms with van der Waals surface area (Å²) in [5.74, 6) is -0.949. The lowest BCUT2D eigenvalue weighted by molar-refractivity contribution is -0.139. The van der Waals surface area contributed by atoms with E-state index in [1.807, 2.05) is 61.5 Å². The standard InChI is InChI=1S/C34H51NO7Si/c1-23(20-40-21-27-15-17-29(39-7)18-16-27)31(42-43(8,9)34(4,5)6)24(2)30(36)25(3)32(37)35-28(22-41-33(35)38)19-26-13-11-10-12-14-26/h10-18,23-25,28,30-31,36H,19-22H2,1-9H3/t23-,24-,25+,28+,30-,31-/m0/s1. The second-order valence-corrected chi connectivity index (χ2v) is 18.2. The van der Waals surface area contributed by atoms with Gasteiger partial charge < -0.3 is 23.7 Å². The number of aliphatic hydroxyl groups is 1. The van der Waals surface area contributed by atoms with Crippen molar-refractivity contribution < 1.29 is 33.3 Å². The van der Waals surface area contributed by atoms with Gasteiger partial charge in [-0.2, -0.15) is 0 Å². The third-order valence-corrected chi connectivity index (χ3v) is 13.6. The van der Waals surface area contributed by atoms with Crippen LogP contribution < -0.4 is 4.74 Å². The summed E-state index contributed by atoms with van der Waals surface area (Å²) in [5.41, 5.74) is 2.04. The zero-order chi connectivity index (χ0) is 31.9. The molecular formula is C34H51NO7Si. The minimum atomic E-state index is -2.26. The van der Waals surface area contributed by atoms with Gasteiger partial charge in [-0.3, -0.25) is 4.79 Å². The second kappa shape index (κ2) is 14.8. The van der Waals surface area contributed by atoms with Crippen LogP contribution in [-0.4, -0.2) is 68.9 Å². The highest BCUT2D eigenvalue weighted by Gasteiger charge is 2.46. The highest BCUT2D eigenvalue weighted by Crippen LogP contribution is 2.40. The topological polar surface area (TPSA) is 94.5 Å². The van der Waals surface area contributed by atoms with E-state index in [1.165, 1.54) is 4.90 Å². The Morgan fingerprint density at radius 2 is 1.67 bits per heavy atom. The molecule has 1 aliphatic heterocycles. The minimum absolute atomic E-state index is 0.0506. The summed E-state index contributed by atoms with van der Waals surface area (Å²) < 4.78 is 23.6. The number of rotatable bonds is 14. The van der Waals surface area contributed by atoms with Crippen LogP contribution in [-0.2, 0) is 31.7 Å². The fourth-order valence-corrected chi connectivity index (χ4v) is 6.70. The maximum Gasteiger partial charge on any atom is 0.416 e. The van der Waals surface area contributed by atoms with Crippen LogP contribution in [0.15, 0.2) is 54.6 Å². The van der Waals surface area contributed by atoms with Crippen LogP contribution in [0.4, 0.5) is 4.79 Å². The van der Waals surface area contributed by atoms with E-state index in [0.29, 0.717) is 19.6 Å². The number of cyclic esters (lactones) is 1. The van der Waals surface area contributed by atoms with Gasteiger partial charge in [-0.1, -0.05) is 84.0 Å². The molecule has 2 aromatic carbocycles. The molecule has 9 heteroatoms. The first kappa shape index (κ1) is 34.8. The highest BCUT2D eigenvalue weighted by atomic mass is 28.4. The Hall–Kier alpha value is -2.72. The van der Waals surface area contributed by atoms with Gasteiger partial charge >= 0.3 is 6.09 Å². The first-order chi connectivity index (χ1) is 20.2. The molecular weight excluding hydrogens is 562 g/mol. The van der Waals surface area contributed by atoms with E-state index in [-0.39, 0.29) is 23.7 Å². The van der Waals surface area contributed by atoms with Gasteiger partial charge in [0, 0.05) is 11.8 Å². The van der Waals surface area contributed by atoms with Gasteiger partial charge in [0.15, 0.2) is 8.32 Å². The molecule has 1 heterocycles. The monoisotopic (exact) mass is 613 g/mol. The summed E-state index contributed by atoms with van der Waals surface area (Å²) in [6, 6.07) is 17.1. The van der Waals surface area contributed by atoms with Crippen LogP contribution in [0.5, 0.6) is 5.75 Å². The molecule has 1 saturated heterocycles. The van der Waals surface area contributed by atoms with Crippen molar-refractivity contribution in [2.45, 2.75) is 91.0 Å². The summed E-state index contributed by atoms with van der Waals surface area (Å²) in [5, 5.41) is 11.6. The Balaban J connectivity index is 1.74. The van der Waals surface area contributed by atoms with Crippen LogP contribution in [0.3, 0.4) is 0 Å². The molecule has 0 aliphatic carbocycles. The average molecular weight is 614 g/mol. The lowest BCUT2D eigenvalue weighted by Crippen LogP contribution is -2.52. The van der Waals surface area contributed by atoms with Crippen LogP contribution in [0.1, 0.15) is 52.7 Å². The van der Waals surface area contributed by atoms with Gasteiger partial charge in [-0.15, -0.1) is 0 Å². The summed E-state index contributed by atoms with van der Waals surface area (Å²) in [7, 11) is -0.617. The SMILES string of the molecule is COc1ccc(COC[C@H](C)[C@H](O[Si](C)(C)C(C)(C)C)[C@@H](C)[C@H](O)[C@@H](C)C(=O)N2C(=O)OC[C@H]2Cc2ccccc2)cc1. The Morgan fingerprint density at radius 1 is 1.05 bits per heavy atom. The van der Waals surface area contributed by atoms with Crippen LogP contribution in [0, 0.1) is 17.8 Å². The maximum absolute atomic E-state index is 13.7. The molecule has 1 aliphatic rings. The molecule has 43 heavy (non-hydrogen) atoms. The number of imide groups is 1. The van der Waals surface area contributed by atoms with Crippen LogP contribution >= 0.6 is 0 Å². The minimum Gasteiger partial charge on any atom is -0.497 e. The van der Waals surface area contributed by atoms with Crippen molar-refractivity contribution in [2.75, 3.05) is 20.3 Å². The van der Waals surface area contributed by atoms with Crippen molar-refractivity contribution >= 4 is 20.3 Å². The molecule has 1 N–H and O–H groups in total. The largest absolute Gasteiger partial charge is 0.497 e. The van der Waals surface area contributed by atoms with Gasteiger partial charge in [0.05, 0.1) is 44.5 Å². The third-order valence-electron chi connectivity index (χ3n) is 9.08. The van der Waals surface area contributed by atoms with E-state index in [1.54, 1.807) is 14.0 Å². The quantitative estimate of drug-likeness (QED) is 0.244.